The third kappa shape index (κ3) is 9.00. The zero-order valence-electron chi connectivity index (χ0n) is 30.7. The van der Waals surface area contributed by atoms with Gasteiger partial charge in [0.2, 0.25) is 0 Å². The third-order valence-electron chi connectivity index (χ3n) is 9.02. The Morgan fingerprint density at radius 3 is 2.30 bits per heavy atom. The number of benzene rings is 1. The largest absolute Gasteiger partial charge is 0.512 e. The molecule has 5 heterocycles. The number of furan rings is 1. The molecule has 0 aliphatic carbocycles. The molecule has 8 heteroatoms. The molecule has 0 atom stereocenters. The van der Waals surface area contributed by atoms with E-state index in [2.05, 4.69) is 75.1 Å². The number of aromatic nitrogens is 2. The zero-order valence-corrected chi connectivity index (χ0v) is 34.7. The first kappa shape index (κ1) is 39.6. The van der Waals surface area contributed by atoms with Crippen LogP contribution in [0.3, 0.4) is 0 Å². The number of carbonyl (C=O) groups excluding carboxylic acids is 1. The van der Waals surface area contributed by atoms with Crippen LogP contribution in [0.15, 0.2) is 64.9 Å². The van der Waals surface area contributed by atoms with Crippen molar-refractivity contribution in [1.82, 2.24) is 9.97 Å². The standard InChI is InChI=1S/C29H25N2OS2.C13H24O2.Ir/c1-16-6-8-20-21-14-22(27-23(12-17(2)33-27)26(21)32-28(20)31-16)24-13-18(10-11-30-24)25-9-7-19(34-25)15-29(3,4)5;1-5-10(6-2)12(14)9-13(15)11(7-3)8-4;/h6-13H,15H2,1-5H3;9-11,14H,5-8H2,1-4H3;/q-1;;/b;12-9-;. The van der Waals surface area contributed by atoms with Crippen LogP contribution in [0, 0.1) is 37.2 Å². The van der Waals surface area contributed by atoms with E-state index in [9.17, 15) is 9.90 Å². The van der Waals surface area contributed by atoms with E-state index in [0.29, 0.717) is 5.71 Å². The van der Waals surface area contributed by atoms with Gasteiger partial charge in [-0.1, -0.05) is 77.6 Å². The van der Waals surface area contributed by atoms with Gasteiger partial charge in [-0.15, -0.1) is 17.4 Å². The van der Waals surface area contributed by atoms with Crippen LogP contribution in [-0.4, -0.2) is 20.9 Å². The van der Waals surface area contributed by atoms with Crippen LogP contribution in [0.25, 0.3) is 53.9 Å². The zero-order chi connectivity index (χ0) is 35.5. The maximum absolute atomic E-state index is 11.7. The summed E-state index contributed by atoms with van der Waals surface area (Å²) in [6.45, 7) is 19.0. The molecule has 5 aromatic heterocycles. The summed E-state index contributed by atoms with van der Waals surface area (Å²) in [6, 6.07) is 18.8. The molecule has 0 bridgehead atoms. The molecule has 5 nitrogen and oxygen atoms in total. The summed E-state index contributed by atoms with van der Waals surface area (Å²) in [5.41, 5.74) is 5.90. The van der Waals surface area contributed by atoms with Crippen molar-refractivity contribution < 1.29 is 34.4 Å². The van der Waals surface area contributed by atoms with Gasteiger partial charge in [0.1, 0.15) is 0 Å². The molecule has 0 saturated carbocycles. The fourth-order valence-corrected chi connectivity index (χ4v) is 8.59. The molecule has 0 aliphatic heterocycles. The summed E-state index contributed by atoms with van der Waals surface area (Å²) in [4.78, 5) is 25.0. The fraction of sp³-hybridized carbons (Fsp3) is 0.405. The first-order valence-corrected chi connectivity index (χ1v) is 19.1. The van der Waals surface area contributed by atoms with Gasteiger partial charge in [0, 0.05) is 65.4 Å². The average Bonchev–Trinajstić information content (AvgIpc) is 3.77. The molecule has 50 heavy (non-hydrogen) atoms. The number of fused-ring (bicyclic) bond motifs is 5. The van der Waals surface area contributed by atoms with Crippen LogP contribution in [0.5, 0.6) is 0 Å². The van der Waals surface area contributed by atoms with Crippen molar-refractivity contribution in [1.29, 1.82) is 0 Å². The van der Waals surface area contributed by atoms with Crippen LogP contribution < -0.4 is 0 Å². The maximum atomic E-state index is 11.7. The summed E-state index contributed by atoms with van der Waals surface area (Å²) >= 11 is 3.64. The fourth-order valence-electron chi connectivity index (χ4n) is 6.27. The quantitative estimate of drug-likeness (QED) is 0.0842. The van der Waals surface area contributed by atoms with Crippen LogP contribution in [-0.2, 0) is 31.3 Å². The second-order valence-electron chi connectivity index (χ2n) is 14.1. The van der Waals surface area contributed by atoms with Crippen molar-refractivity contribution in [3.63, 3.8) is 0 Å². The van der Waals surface area contributed by atoms with Gasteiger partial charge in [-0.05, 0) is 102 Å². The topological polar surface area (TPSA) is 76.2 Å². The SMILES string of the molecule is CCC(CC)C(=O)/C=C(\O)C(CC)CC.Cc1ccc2c(n1)oc1c2[c-]c(-c2cc(-c3ccc(CC(C)(C)C)s3)ccn2)c2sc(C)cc21.[Ir]. The molecule has 6 aromatic rings. The smallest absolute Gasteiger partial charge is 0.183 e. The molecule has 0 aliphatic rings. The monoisotopic (exact) mass is 886 g/mol. The molecule has 1 N–H and O–H groups in total. The van der Waals surface area contributed by atoms with Crippen LogP contribution in [0.2, 0.25) is 0 Å². The molecule has 1 radical (unpaired) electrons. The van der Waals surface area contributed by atoms with Gasteiger partial charge in [0.25, 0.3) is 0 Å². The number of nitrogens with zero attached hydrogens (tertiary/aromatic N) is 2. The molecule has 0 saturated heterocycles. The predicted molar refractivity (Wildman–Crippen MR) is 209 cm³/mol. The summed E-state index contributed by atoms with van der Waals surface area (Å²) < 4.78 is 7.39. The van der Waals surface area contributed by atoms with Gasteiger partial charge >= 0.3 is 0 Å². The molecule has 0 unspecified atom stereocenters. The van der Waals surface area contributed by atoms with Crippen LogP contribution in [0.4, 0.5) is 0 Å². The van der Waals surface area contributed by atoms with Crippen molar-refractivity contribution in [3.8, 4) is 21.7 Å². The van der Waals surface area contributed by atoms with Crippen molar-refractivity contribution >= 4 is 60.6 Å². The summed E-state index contributed by atoms with van der Waals surface area (Å²) in [7, 11) is 0. The number of aliphatic hydroxyl groups excluding tert-OH is 1. The minimum atomic E-state index is 0. The Balaban J connectivity index is 0.000000301. The third-order valence-corrected chi connectivity index (χ3v) is 11.2. The minimum Gasteiger partial charge on any atom is -0.512 e. The average molecular weight is 886 g/mol. The van der Waals surface area contributed by atoms with E-state index in [-0.39, 0.29) is 48.9 Å². The van der Waals surface area contributed by atoms with Crippen LogP contribution in [0.1, 0.15) is 89.6 Å². The number of pyridine rings is 2. The van der Waals surface area contributed by atoms with E-state index < -0.39 is 0 Å². The number of thiophene rings is 2. The first-order valence-electron chi connectivity index (χ1n) is 17.5. The molecular formula is C42H49IrN2O3S2-. The van der Waals surface area contributed by atoms with Gasteiger partial charge < -0.3 is 9.52 Å². The number of carbonyl (C=O) groups is 1. The number of ketones is 1. The van der Waals surface area contributed by atoms with E-state index in [1.165, 1.54) is 26.3 Å². The number of aryl methyl sites for hydroxylation is 2. The Hall–Kier alpha value is -3.16. The Bertz CT molecular complexity index is 2110. The summed E-state index contributed by atoms with van der Waals surface area (Å²) in [5.74, 6) is 0.547. The van der Waals surface area contributed by atoms with Gasteiger partial charge in [0.05, 0.1) is 11.3 Å². The van der Waals surface area contributed by atoms with E-state index in [4.69, 9.17) is 9.40 Å². The number of hydrogen-bond donors (Lipinski definition) is 1. The van der Waals surface area contributed by atoms with Crippen molar-refractivity contribution in [3.05, 3.63) is 82.0 Å². The van der Waals surface area contributed by atoms with E-state index in [0.717, 1.165) is 75.5 Å². The molecule has 0 fully saturated rings. The molecule has 0 amide bonds. The number of aliphatic hydroxyl groups is 1. The normalized spacial score (nSPS) is 12.2. The summed E-state index contributed by atoms with van der Waals surface area (Å²) in [6.07, 6.45) is 7.90. The second kappa shape index (κ2) is 16.9. The Morgan fingerprint density at radius 2 is 1.64 bits per heavy atom. The van der Waals surface area contributed by atoms with E-state index >= 15 is 0 Å². The predicted octanol–water partition coefficient (Wildman–Crippen LogP) is 12.9. The van der Waals surface area contributed by atoms with Crippen molar-refractivity contribution in [2.75, 3.05) is 0 Å². The second-order valence-corrected chi connectivity index (χ2v) is 16.6. The van der Waals surface area contributed by atoms with Gasteiger partial charge in [0.15, 0.2) is 11.5 Å². The minimum absolute atomic E-state index is 0. The van der Waals surface area contributed by atoms with Gasteiger partial charge in [-0.25, -0.2) is 4.98 Å². The summed E-state index contributed by atoms with van der Waals surface area (Å²) in [5, 5.41) is 12.8. The Kier molecular flexibility index (Phi) is 13.4. The van der Waals surface area contributed by atoms with Crippen molar-refractivity contribution in [2.24, 2.45) is 17.3 Å². The van der Waals surface area contributed by atoms with E-state index in [1.807, 2.05) is 58.2 Å². The van der Waals surface area contributed by atoms with E-state index in [1.54, 1.807) is 11.3 Å². The number of hydrogen-bond acceptors (Lipinski definition) is 7. The number of allylic oxidation sites excluding steroid dienone is 2. The first-order chi connectivity index (χ1) is 23.3. The molecule has 1 aromatic carbocycles. The Labute approximate surface area is 318 Å². The van der Waals surface area contributed by atoms with Gasteiger partial charge in [-0.2, -0.15) is 11.3 Å². The van der Waals surface area contributed by atoms with Gasteiger partial charge in [-0.3, -0.25) is 9.78 Å². The van der Waals surface area contributed by atoms with Crippen molar-refractivity contribution in [2.45, 2.75) is 94.4 Å². The maximum Gasteiger partial charge on any atom is 0.183 e. The molecule has 6 rings (SSSR count). The molecular weight excluding hydrogens is 837 g/mol. The molecule has 267 valence electrons. The molecule has 0 spiro atoms. The Morgan fingerprint density at radius 1 is 0.940 bits per heavy atom. The number of rotatable bonds is 10. The van der Waals surface area contributed by atoms with Crippen LogP contribution >= 0.6 is 22.7 Å².